The summed E-state index contributed by atoms with van der Waals surface area (Å²) in [6, 6.07) is 9.37. The van der Waals surface area contributed by atoms with Gasteiger partial charge in [0.15, 0.2) is 5.69 Å². The number of hydrogen-bond donors (Lipinski definition) is 7. The minimum Gasteiger partial charge on any atom is -0.497 e. The number of benzene rings is 2. The summed E-state index contributed by atoms with van der Waals surface area (Å²) in [4.78, 5) is 89.8. The lowest BCUT2D eigenvalue weighted by molar-refractivity contribution is -0.135. The molecule has 2 aromatic carbocycles. The maximum absolute atomic E-state index is 14.5. The lowest BCUT2D eigenvalue weighted by Crippen LogP contribution is -2.60. The largest absolute Gasteiger partial charge is 0.497 e. The van der Waals surface area contributed by atoms with E-state index in [4.69, 9.17) is 9.47 Å². The lowest BCUT2D eigenvalue weighted by atomic mass is 9.99. The summed E-state index contributed by atoms with van der Waals surface area (Å²) < 4.78 is 10.9. The van der Waals surface area contributed by atoms with Crippen molar-refractivity contribution in [1.82, 2.24) is 46.7 Å². The van der Waals surface area contributed by atoms with Gasteiger partial charge in [0.1, 0.15) is 29.9 Å². The summed E-state index contributed by atoms with van der Waals surface area (Å²) in [5.41, 5.74) is 3.74. The predicted molar refractivity (Wildman–Crippen MR) is 226 cm³/mol. The standard InChI is InChI=1S/C44H57N9O8/c1-24(2)17-34-42(57)49-35(18-27-11-13-29(60-6)14-12-27)41(56)46-26(5)40(55)50-37(25(3)4)21-53(44(59)39-31-23-61-16-15-33(31)51-52-39)22-38(54)47-36(43(58)48-34)19-28-20-45-32-10-8-7-9-30(28)32/h7-14,20,24-26,34-37,45H,15-19,21-23H2,1-6H3,(H,46,56)(H,47,54)(H,48,58)(H,49,57)(H,50,55)(H,51,52)/t26-,34+,35+,36-,37-/m1/s1. The second-order valence-corrected chi connectivity index (χ2v) is 16.6. The molecular weight excluding hydrogens is 783 g/mol. The zero-order chi connectivity index (χ0) is 43.8. The van der Waals surface area contributed by atoms with Crippen LogP contribution in [0.15, 0.2) is 54.7 Å². The van der Waals surface area contributed by atoms with Crippen molar-refractivity contribution in [3.8, 4) is 5.75 Å². The molecule has 0 bridgehead atoms. The van der Waals surface area contributed by atoms with Gasteiger partial charge in [-0.15, -0.1) is 0 Å². The van der Waals surface area contributed by atoms with Crippen LogP contribution in [0.1, 0.15) is 73.9 Å². The molecular formula is C44H57N9O8. The van der Waals surface area contributed by atoms with Crippen molar-refractivity contribution in [1.29, 1.82) is 0 Å². The number of H-pyrrole nitrogens is 2. The molecule has 0 radical (unpaired) electrons. The van der Waals surface area contributed by atoms with Crippen LogP contribution >= 0.6 is 0 Å². The number of aromatic nitrogens is 3. The van der Waals surface area contributed by atoms with Crippen LogP contribution in [-0.2, 0) is 54.6 Å². The molecule has 6 rings (SSSR count). The van der Waals surface area contributed by atoms with E-state index in [0.29, 0.717) is 29.9 Å². The average molecular weight is 840 g/mol. The van der Waals surface area contributed by atoms with Crippen molar-refractivity contribution in [2.75, 3.05) is 26.8 Å². The molecule has 0 aliphatic carbocycles. The van der Waals surface area contributed by atoms with Crippen molar-refractivity contribution < 1.29 is 38.2 Å². The number of para-hydroxylation sites is 1. The Kier molecular flexibility index (Phi) is 14.5. The highest BCUT2D eigenvalue weighted by molar-refractivity contribution is 5.99. The van der Waals surface area contributed by atoms with E-state index in [-0.39, 0.29) is 49.9 Å². The molecule has 2 aliphatic heterocycles. The Labute approximate surface area is 354 Å². The van der Waals surface area contributed by atoms with E-state index in [1.807, 2.05) is 52.0 Å². The molecule has 0 spiro atoms. The van der Waals surface area contributed by atoms with Crippen LogP contribution in [0.5, 0.6) is 5.75 Å². The molecule has 6 amide bonds. The second kappa shape index (κ2) is 19.9. The van der Waals surface area contributed by atoms with Gasteiger partial charge in [-0.3, -0.25) is 33.9 Å². The van der Waals surface area contributed by atoms with Crippen molar-refractivity contribution in [2.24, 2.45) is 11.8 Å². The number of carbonyl (C=O) groups excluding carboxylic acids is 6. The van der Waals surface area contributed by atoms with E-state index in [0.717, 1.165) is 22.2 Å². The van der Waals surface area contributed by atoms with Gasteiger partial charge in [-0.1, -0.05) is 58.0 Å². The van der Waals surface area contributed by atoms with E-state index in [9.17, 15) is 28.8 Å². The van der Waals surface area contributed by atoms with E-state index in [1.54, 1.807) is 37.6 Å². The van der Waals surface area contributed by atoms with Crippen LogP contribution in [0, 0.1) is 11.8 Å². The van der Waals surface area contributed by atoms with Crippen LogP contribution in [0.3, 0.4) is 0 Å². The van der Waals surface area contributed by atoms with Gasteiger partial charge in [-0.05, 0) is 54.5 Å². The molecule has 61 heavy (non-hydrogen) atoms. The molecule has 17 heteroatoms. The van der Waals surface area contributed by atoms with Gasteiger partial charge in [-0.2, -0.15) is 5.10 Å². The smallest absolute Gasteiger partial charge is 0.275 e. The van der Waals surface area contributed by atoms with Gasteiger partial charge in [0.2, 0.25) is 29.5 Å². The molecule has 2 aromatic heterocycles. The summed E-state index contributed by atoms with van der Waals surface area (Å²) in [7, 11) is 1.54. The summed E-state index contributed by atoms with van der Waals surface area (Å²) >= 11 is 0. The van der Waals surface area contributed by atoms with Crippen LogP contribution in [0.4, 0.5) is 0 Å². The van der Waals surface area contributed by atoms with Gasteiger partial charge in [-0.25, -0.2) is 0 Å². The predicted octanol–water partition coefficient (Wildman–Crippen LogP) is 2.06. The Bertz CT molecular complexity index is 2210. The highest BCUT2D eigenvalue weighted by atomic mass is 16.5. The maximum Gasteiger partial charge on any atom is 0.275 e. The third-order valence-corrected chi connectivity index (χ3v) is 11.1. The van der Waals surface area contributed by atoms with Gasteiger partial charge < -0.3 is 45.9 Å². The number of nitrogens with zero attached hydrogens (tertiary/aromatic N) is 2. The minimum absolute atomic E-state index is 0.0425. The first kappa shape index (κ1) is 44.3. The Hall–Kier alpha value is -6.23. The summed E-state index contributed by atoms with van der Waals surface area (Å²) in [6.45, 7) is 9.08. The summed E-state index contributed by atoms with van der Waals surface area (Å²) in [6.07, 6.45) is 2.61. The van der Waals surface area contributed by atoms with Crippen molar-refractivity contribution >= 4 is 46.3 Å². The normalized spacial score (nSPS) is 22.4. The zero-order valence-corrected chi connectivity index (χ0v) is 35.6. The molecule has 4 heterocycles. The zero-order valence-electron chi connectivity index (χ0n) is 35.6. The monoisotopic (exact) mass is 839 g/mol. The second-order valence-electron chi connectivity index (χ2n) is 16.6. The average Bonchev–Trinajstić information content (AvgIpc) is 3.86. The van der Waals surface area contributed by atoms with E-state index >= 15 is 0 Å². The highest BCUT2D eigenvalue weighted by Crippen LogP contribution is 2.22. The molecule has 1 saturated heterocycles. The SMILES string of the molecule is COc1ccc(C[C@@H]2NC(=O)[C@H](CC(C)C)NC(=O)[C@@H](Cc3c[nH]c4ccccc34)NC(=O)CN(C(=O)c3n[nH]c4c3COCC4)C[C@H](C(C)C)NC(=O)[C@@H](C)NC2=O)cc1. The number of rotatable bonds is 9. The van der Waals surface area contributed by atoms with Crippen molar-refractivity contribution in [3.63, 3.8) is 0 Å². The Balaban J connectivity index is 1.38. The molecule has 2 aliphatic rings. The fourth-order valence-electron chi connectivity index (χ4n) is 7.60. The summed E-state index contributed by atoms with van der Waals surface area (Å²) in [5, 5.41) is 22.4. The molecule has 0 unspecified atom stereocenters. The lowest BCUT2D eigenvalue weighted by Gasteiger charge is -2.32. The molecule has 7 N–H and O–H groups in total. The van der Waals surface area contributed by atoms with Crippen LogP contribution in [0.2, 0.25) is 0 Å². The van der Waals surface area contributed by atoms with Gasteiger partial charge in [0.05, 0.1) is 26.9 Å². The van der Waals surface area contributed by atoms with Gasteiger partial charge in [0.25, 0.3) is 5.91 Å². The number of fused-ring (bicyclic) bond motifs is 2. The first-order valence-electron chi connectivity index (χ1n) is 20.8. The Morgan fingerprint density at radius 3 is 2.26 bits per heavy atom. The molecule has 0 saturated carbocycles. The van der Waals surface area contributed by atoms with Gasteiger partial charge >= 0.3 is 0 Å². The van der Waals surface area contributed by atoms with Crippen molar-refractivity contribution in [3.05, 3.63) is 82.8 Å². The first-order chi connectivity index (χ1) is 29.2. The van der Waals surface area contributed by atoms with Crippen LogP contribution in [-0.4, -0.2) is 113 Å². The fraction of sp³-hybridized carbons (Fsp3) is 0.477. The molecule has 4 aromatic rings. The van der Waals surface area contributed by atoms with Crippen LogP contribution in [0.25, 0.3) is 10.9 Å². The maximum atomic E-state index is 14.5. The van der Waals surface area contributed by atoms with Crippen molar-refractivity contribution in [2.45, 2.75) is 97.1 Å². The number of ether oxygens (including phenoxy) is 2. The quantitative estimate of drug-likeness (QED) is 0.131. The highest BCUT2D eigenvalue weighted by Gasteiger charge is 2.35. The number of amides is 6. The topological polar surface area (TPSA) is 229 Å². The number of hydrogen-bond acceptors (Lipinski definition) is 9. The van der Waals surface area contributed by atoms with E-state index < -0.39 is 72.2 Å². The number of nitrogens with one attached hydrogen (secondary N) is 7. The number of carbonyl (C=O) groups is 6. The number of methoxy groups -OCH3 is 1. The van der Waals surface area contributed by atoms with E-state index in [1.165, 1.54) is 11.8 Å². The Morgan fingerprint density at radius 2 is 1.54 bits per heavy atom. The van der Waals surface area contributed by atoms with E-state index in [2.05, 4.69) is 41.8 Å². The molecule has 1 fully saturated rings. The molecule has 17 nitrogen and oxygen atoms in total. The molecule has 5 atom stereocenters. The summed E-state index contributed by atoms with van der Waals surface area (Å²) in [5.74, 6) is -3.31. The van der Waals surface area contributed by atoms with Gasteiger partial charge in [0, 0.05) is 60.2 Å². The third-order valence-electron chi connectivity index (χ3n) is 11.1. The Morgan fingerprint density at radius 1 is 0.852 bits per heavy atom. The number of aromatic amines is 2. The third kappa shape index (κ3) is 11.1. The van der Waals surface area contributed by atoms with Crippen LogP contribution < -0.4 is 31.3 Å². The minimum atomic E-state index is -1.20. The first-order valence-corrected chi connectivity index (χ1v) is 20.8. The fourth-order valence-corrected chi connectivity index (χ4v) is 7.60. The molecule has 326 valence electrons.